The average molecular weight is 319 g/mol. The van der Waals surface area contributed by atoms with Crippen LogP contribution >= 0.6 is 22.6 Å². The monoisotopic (exact) mass is 319 g/mol. The SMILES string of the molecule is Cc1cnc(OC2CCOCC2)cc1I. The molecule has 1 aromatic heterocycles. The number of pyridine rings is 1. The first-order valence-electron chi connectivity index (χ1n) is 5.12. The topological polar surface area (TPSA) is 31.4 Å². The molecule has 0 radical (unpaired) electrons. The molecular formula is C11H14INO2. The Labute approximate surface area is 103 Å². The minimum atomic E-state index is 0.268. The molecule has 0 saturated carbocycles. The van der Waals surface area contributed by atoms with Crippen LogP contribution in [0.25, 0.3) is 0 Å². The van der Waals surface area contributed by atoms with Crippen molar-refractivity contribution in [2.75, 3.05) is 13.2 Å². The number of aromatic nitrogens is 1. The molecule has 0 atom stereocenters. The molecule has 1 aliphatic rings. The number of hydrogen-bond donors (Lipinski definition) is 0. The van der Waals surface area contributed by atoms with Crippen LogP contribution in [0, 0.1) is 10.5 Å². The Hall–Kier alpha value is -0.360. The highest BCUT2D eigenvalue weighted by atomic mass is 127. The zero-order chi connectivity index (χ0) is 10.7. The van der Waals surface area contributed by atoms with Gasteiger partial charge in [0.25, 0.3) is 0 Å². The Morgan fingerprint density at radius 2 is 2.20 bits per heavy atom. The van der Waals surface area contributed by atoms with Gasteiger partial charge in [-0.2, -0.15) is 0 Å². The summed E-state index contributed by atoms with van der Waals surface area (Å²) in [5.41, 5.74) is 1.19. The molecular weight excluding hydrogens is 305 g/mol. The molecule has 3 nitrogen and oxygen atoms in total. The molecule has 1 saturated heterocycles. The molecule has 0 bridgehead atoms. The molecule has 2 rings (SSSR count). The van der Waals surface area contributed by atoms with Gasteiger partial charge in [-0.1, -0.05) is 0 Å². The minimum absolute atomic E-state index is 0.268. The van der Waals surface area contributed by atoms with Crippen LogP contribution in [0.1, 0.15) is 18.4 Å². The molecule has 1 fully saturated rings. The van der Waals surface area contributed by atoms with Gasteiger partial charge >= 0.3 is 0 Å². The van der Waals surface area contributed by atoms with Gasteiger partial charge in [0.1, 0.15) is 6.10 Å². The van der Waals surface area contributed by atoms with Crippen LogP contribution in [0.3, 0.4) is 0 Å². The molecule has 0 aliphatic carbocycles. The van der Waals surface area contributed by atoms with Crippen LogP contribution < -0.4 is 4.74 Å². The summed E-state index contributed by atoms with van der Waals surface area (Å²) in [6.07, 6.45) is 4.05. The maximum atomic E-state index is 5.80. The van der Waals surface area contributed by atoms with Crippen LogP contribution in [0.4, 0.5) is 0 Å². The van der Waals surface area contributed by atoms with Crippen molar-refractivity contribution in [1.29, 1.82) is 0 Å². The molecule has 2 heterocycles. The number of nitrogens with zero attached hydrogens (tertiary/aromatic N) is 1. The highest BCUT2D eigenvalue weighted by Gasteiger charge is 2.15. The molecule has 0 spiro atoms. The Balaban J connectivity index is 2.00. The van der Waals surface area contributed by atoms with E-state index in [9.17, 15) is 0 Å². The van der Waals surface area contributed by atoms with Crippen molar-refractivity contribution >= 4 is 22.6 Å². The first-order chi connectivity index (χ1) is 7.25. The van der Waals surface area contributed by atoms with Gasteiger partial charge in [0.2, 0.25) is 5.88 Å². The lowest BCUT2D eigenvalue weighted by molar-refractivity contribution is 0.0237. The summed E-state index contributed by atoms with van der Waals surface area (Å²) < 4.78 is 12.3. The predicted molar refractivity (Wildman–Crippen MR) is 66.2 cm³/mol. The quantitative estimate of drug-likeness (QED) is 0.785. The molecule has 15 heavy (non-hydrogen) atoms. The van der Waals surface area contributed by atoms with Crippen LogP contribution in [0.2, 0.25) is 0 Å². The number of aryl methyl sites for hydroxylation is 1. The second-order valence-electron chi connectivity index (χ2n) is 3.70. The Morgan fingerprint density at radius 1 is 1.47 bits per heavy atom. The largest absolute Gasteiger partial charge is 0.474 e. The molecule has 1 aromatic rings. The number of rotatable bonds is 2. The Kier molecular flexibility index (Phi) is 3.80. The summed E-state index contributed by atoms with van der Waals surface area (Å²) >= 11 is 2.30. The van der Waals surface area contributed by atoms with Crippen molar-refractivity contribution in [2.24, 2.45) is 0 Å². The smallest absolute Gasteiger partial charge is 0.214 e. The highest BCUT2D eigenvalue weighted by Crippen LogP contribution is 2.19. The van der Waals surface area contributed by atoms with E-state index >= 15 is 0 Å². The van der Waals surface area contributed by atoms with E-state index in [2.05, 4.69) is 27.6 Å². The summed E-state index contributed by atoms with van der Waals surface area (Å²) in [7, 11) is 0. The lowest BCUT2D eigenvalue weighted by atomic mass is 10.1. The minimum Gasteiger partial charge on any atom is -0.474 e. The summed E-state index contributed by atoms with van der Waals surface area (Å²) in [5, 5.41) is 0. The molecule has 82 valence electrons. The lowest BCUT2D eigenvalue weighted by Gasteiger charge is -2.22. The van der Waals surface area contributed by atoms with Gasteiger partial charge in [0.15, 0.2) is 0 Å². The fourth-order valence-corrected chi connectivity index (χ4v) is 1.92. The number of halogens is 1. The summed E-state index contributed by atoms with van der Waals surface area (Å²) in [5.74, 6) is 0.733. The van der Waals surface area contributed by atoms with Gasteiger partial charge in [0.05, 0.1) is 13.2 Å². The van der Waals surface area contributed by atoms with Crippen molar-refractivity contribution in [3.05, 3.63) is 21.4 Å². The van der Waals surface area contributed by atoms with E-state index in [-0.39, 0.29) is 6.10 Å². The van der Waals surface area contributed by atoms with E-state index in [1.165, 1.54) is 9.13 Å². The van der Waals surface area contributed by atoms with Crippen LogP contribution in [-0.4, -0.2) is 24.3 Å². The Bertz CT molecular complexity index is 337. The third kappa shape index (κ3) is 3.04. The number of hydrogen-bond acceptors (Lipinski definition) is 3. The van der Waals surface area contributed by atoms with Crippen molar-refractivity contribution < 1.29 is 9.47 Å². The van der Waals surface area contributed by atoms with E-state index in [1.807, 2.05) is 19.2 Å². The maximum absolute atomic E-state index is 5.80. The summed E-state index contributed by atoms with van der Waals surface area (Å²) in [6.45, 7) is 3.65. The van der Waals surface area contributed by atoms with Gasteiger partial charge in [-0.25, -0.2) is 4.98 Å². The highest BCUT2D eigenvalue weighted by molar-refractivity contribution is 14.1. The van der Waals surface area contributed by atoms with Gasteiger partial charge in [0, 0.05) is 28.7 Å². The third-order valence-electron chi connectivity index (χ3n) is 2.47. The predicted octanol–water partition coefficient (Wildman–Crippen LogP) is 2.55. The lowest BCUT2D eigenvalue weighted by Crippen LogP contribution is -2.26. The maximum Gasteiger partial charge on any atom is 0.214 e. The van der Waals surface area contributed by atoms with Crippen LogP contribution in [0.15, 0.2) is 12.3 Å². The van der Waals surface area contributed by atoms with Gasteiger partial charge in [-0.3, -0.25) is 0 Å². The molecule has 1 aliphatic heterocycles. The number of ether oxygens (including phenoxy) is 2. The van der Waals surface area contributed by atoms with E-state index in [0.29, 0.717) is 0 Å². The molecule has 0 aromatic carbocycles. The first-order valence-corrected chi connectivity index (χ1v) is 6.20. The summed E-state index contributed by atoms with van der Waals surface area (Å²) in [4.78, 5) is 4.27. The van der Waals surface area contributed by atoms with E-state index in [0.717, 1.165) is 31.9 Å². The van der Waals surface area contributed by atoms with Crippen LogP contribution in [-0.2, 0) is 4.74 Å². The zero-order valence-corrected chi connectivity index (χ0v) is 10.9. The van der Waals surface area contributed by atoms with Crippen LogP contribution in [0.5, 0.6) is 5.88 Å². The average Bonchev–Trinajstić information content (AvgIpc) is 2.25. The molecule has 0 N–H and O–H groups in total. The van der Waals surface area contributed by atoms with Crippen molar-refractivity contribution in [1.82, 2.24) is 4.98 Å². The molecule has 0 unspecified atom stereocenters. The van der Waals surface area contributed by atoms with Crippen molar-refractivity contribution in [3.8, 4) is 5.88 Å². The Morgan fingerprint density at radius 3 is 2.87 bits per heavy atom. The molecule has 0 amide bonds. The summed E-state index contributed by atoms with van der Waals surface area (Å²) in [6, 6.07) is 1.99. The normalized spacial score (nSPS) is 17.7. The van der Waals surface area contributed by atoms with Gasteiger partial charge in [-0.05, 0) is 35.1 Å². The standard InChI is InChI=1S/C11H14INO2/c1-8-7-13-11(6-10(8)12)15-9-2-4-14-5-3-9/h6-7,9H,2-5H2,1H3. The van der Waals surface area contributed by atoms with Gasteiger partial charge in [-0.15, -0.1) is 0 Å². The van der Waals surface area contributed by atoms with E-state index < -0.39 is 0 Å². The van der Waals surface area contributed by atoms with E-state index in [1.54, 1.807) is 0 Å². The van der Waals surface area contributed by atoms with Gasteiger partial charge < -0.3 is 9.47 Å². The molecule has 4 heteroatoms. The second kappa shape index (κ2) is 5.12. The fraction of sp³-hybridized carbons (Fsp3) is 0.545. The zero-order valence-electron chi connectivity index (χ0n) is 8.70. The van der Waals surface area contributed by atoms with Crippen molar-refractivity contribution in [3.63, 3.8) is 0 Å². The first kappa shape index (κ1) is 11.1. The second-order valence-corrected chi connectivity index (χ2v) is 4.86. The van der Waals surface area contributed by atoms with Crippen molar-refractivity contribution in [2.45, 2.75) is 25.9 Å². The third-order valence-corrected chi connectivity index (χ3v) is 3.63. The van der Waals surface area contributed by atoms with E-state index in [4.69, 9.17) is 9.47 Å². The fourth-order valence-electron chi connectivity index (χ4n) is 1.51.